The lowest BCUT2D eigenvalue weighted by atomic mass is 10.0. The van der Waals surface area contributed by atoms with Crippen LogP contribution < -0.4 is 11.1 Å². The molecule has 2 nitrogen and oxygen atoms in total. The van der Waals surface area contributed by atoms with Gasteiger partial charge < -0.3 is 11.1 Å². The first-order chi connectivity index (χ1) is 8.35. The summed E-state index contributed by atoms with van der Waals surface area (Å²) in [5.74, 6) is 0.807. The molecule has 0 aliphatic heterocycles. The van der Waals surface area contributed by atoms with Gasteiger partial charge in [0, 0.05) is 12.6 Å². The number of benzene rings is 1. The lowest BCUT2D eigenvalue weighted by Gasteiger charge is -2.17. The highest BCUT2D eigenvalue weighted by molar-refractivity contribution is 5.31. The Bertz CT molecular complexity index is 369. The Labute approximate surface area is 104 Å². The maximum absolute atomic E-state index is 5.84. The van der Waals surface area contributed by atoms with Crippen LogP contribution in [0.3, 0.4) is 0 Å². The summed E-state index contributed by atoms with van der Waals surface area (Å²) in [7, 11) is 0. The third-order valence-corrected chi connectivity index (χ3v) is 3.34. The zero-order chi connectivity index (χ0) is 12.1. The third kappa shape index (κ3) is 3.42. The van der Waals surface area contributed by atoms with Crippen LogP contribution in [0.1, 0.15) is 42.3 Å². The molecule has 1 saturated carbocycles. The Morgan fingerprint density at radius 2 is 2.29 bits per heavy atom. The van der Waals surface area contributed by atoms with Crippen LogP contribution in [0.2, 0.25) is 0 Å². The molecule has 0 spiro atoms. The van der Waals surface area contributed by atoms with E-state index in [1.807, 2.05) is 6.08 Å². The molecule has 0 radical (unpaired) electrons. The maximum atomic E-state index is 5.84. The fraction of sp³-hybridized carbons (Fsp3) is 0.467. The van der Waals surface area contributed by atoms with Crippen molar-refractivity contribution in [2.75, 3.05) is 13.1 Å². The van der Waals surface area contributed by atoms with Gasteiger partial charge in [0.15, 0.2) is 0 Å². The van der Waals surface area contributed by atoms with Crippen molar-refractivity contribution in [2.45, 2.75) is 31.2 Å². The van der Waals surface area contributed by atoms with E-state index in [4.69, 9.17) is 5.73 Å². The first kappa shape index (κ1) is 12.3. The Kier molecular flexibility index (Phi) is 4.35. The highest BCUT2D eigenvalue weighted by Crippen LogP contribution is 2.40. The summed E-state index contributed by atoms with van der Waals surface area (Å²) < 4.78 is 0. The molecular weight excluding hydrogens is 208 g/mol. The minimum absolute atomic E-state index is 0.272. The lowest BCUT2D eigenvalue weighted by molar-refractivity contribution is 0.548. The second-order valence-electron chi connectivity index (χ2n) is 4.76. The van der Waals surface area contributed by atoms with Gasteiger partial charge in [0.05, 0.1) is 0 Å². The molecule has 0 bridgehead atoms. The van der Waals surface area contributed by atoms with E-state index in [9.17, 15) is 0 Å². The summed E-state index contributed by atoms with van der Waals surface area (Å²) >= 11 is 0. The van der Waals surface area contributed by atoms with Crippen molar-refractivity contribution >= 4 is 0 Å². The standard InChI is InChI=1S/C15H22N2/c1-2-3-9-17-15(11-16)14-6-4-5-13(10-14)12-7-8-12/h2,4-6,10,12,15,17H,1,3,7-9,11,16H2. The smallest absolute Gasteiger partial charge is 0.0444 e. The van der Waals surface area contributed by atoms with Crippen LogP contribution in [0.15, 0.2) is 36.9 Å². The zero-order valence-corrected chi connectivity index (χ0v) is 10.4. The van der Waals surface area contributed by atoms with E-state index >= 15 is 0 Å². The molecule has 0 heterocycles. The van der Waals surface area contributed by atoms with Gasteiger partial charge in [-0.2, -0.15) is 0 Å². The molecule has 1 fully saturated rings. The van der Waals surface area contributed by atoms with Crippen LogP contribution >= 0.6 is 0 Å². The number of rotatable bonds is 7. The monoisotopic (exact) mass is 230 g/mol. The highest BCUT2D eigenvalue weighted by atomic mass is 14.9. The van der Waals surface area contributed by atoms with Gasteiger partial charge in [0.1, 0.15) is 0 Å². The van der Waals surface area contributed by atoms with Gasteiger partial charge in [-0.3, -0.25) is 0 Å². The lowest BCUT2D eigenvalue weighted by Crippen LogP contribution is -2.28. The van der Waals surface area contributed by atoms with Crippen LogP contribution in [0.4, 0.5) is 0 Å². The topological polar surface area (TPSA) is 38.0 Å². The quantitative estimate of drug-likeness (QED) is 0.558. The van der Waals surface area contributed by atoms with Crippen LogP contribution in [-0.4, -0.2) is 13.1 Å². The molecule has 3 N–H and O–H groups in total. The van der Waals surface area contributed by atoms with E-state index in [2.05, 4.69) is 36.2 Å². The molecule has 2 heteroatoms. The van der Waals surface area contributed by atoms with Gasteiger partial charge in [-0.15, -0.1) is 6.58 Å². The van der Waals surface area contributed by atoms with E-state index < -0.39 is 0 Å². The Hall–Kier alpha value is -1.12. The molecule has 1 aliphatic rings. The minimum Gasteiger partial charge on any atom is -0.329 e. The fourth-order valence-electron chi connectivity index (χ4n) is 2.14. The second kappa shape index (κ2) is 5.99. The summed E-state index contributed by atoms with van der Waals surface area (Å²) in [6, 6.07) is 9.15. The van der Waals surface area contributed by atoms with Gasteiger partial charge in [-0.25, -0.2) is 0 Å². The Morgan fingerprint density at radius 3 is 2.94 bits per heavy atom. The van der Waals surface area contributed by atoms with Crippen molar-refractivity contribution in [3.8, 4) is 0 Å². The van der Waals surface area contributed by atoms with Crippen molar-refractivity contribution < 1.29 is 0 Å². The van der Waals surface area contributed by atoms with Gasteiger partial charge in [-0.05, 0) is 42.9 Å². The van der Waals surface area contributed by atoms with Gasteiger partial charge in [-0.1, -0.05) is 30.3 Å². The molecule has 0 amide bonds. The van der Waals surface area contributed by atoms with Crippen molar-refractivity contribution in [1.82, 2.24) is 5.32 Å². The SMILES string of the molecule is C=CCCNC(CN)c1cccc(C2CC2)c1. The molecule has 1 aromatic rings. The van der Waals surface area contributed by atoms with Gasteiger partial charge >= 0.3 is 0 Å². The average Bonchev–Trinajstić information content (AvgIpc) is 3.19. The molecule has 2 rings (SSSR count). The van der Waals surface area contributed by atoms with E-state index in [-0.39, 0.29) is 6.04 Å². The van der Waals surface area contributed by atoms with E-state index in [0.29, 0.717) is 6.54 Å². The predicted molar refractivity (Wildman–Crippen MR) is 73.0 cm³/mol. The molecular formula is C15H22N2. The molecule has 1 aromatic carbocycles. The summed E-state index contributed by atoms with van der Waals surface area (Å²) in [6.07, 6.45) is 5.61. The summed E-state index contributed by atoms with van der Waals surface area (Å²) in [5.41, 5.74) is 8.64. The number of hydrogen-bond acceptors (Lipinski definition) is 2. The summed E-state index contributed by atoms with van der Waals surface area (Å²) in [5, 5.41) is 3.48. The zero-order valence-electron chi connectivity index (χ0n) is 10.4. The van der Waals surface area contributed by atoms with Crippen molar-refractivity contribution in [3.63, 3.8) is 0 Å². The minimum atomic E-state index is 0.272. The normalized spacial score (nSPS) is 16.8. The first-order valence-corrected chi connectivity index (χ1v) is 6.49. The highest BCUT2D eigenvalue weighted by Gasteiger charge is 2.23. The van der Waals surface area contributed by atoms with E-state index in [1.165, 1.54) is 24.0 Å². The number of hydrogen-bond donors (Lipinski definition) is 2. The fourth-order valence-corrected chi connectivity index (χ4v) is 2.14. The Balaban J connectivity index is 2.01. The largest absolute Gasteiger partial charge is 0.329 e. The molecule has 0 saturated heterocycles. The van der Waals surface area contributed by atoms with Crippen molar-refractivity contribution in [2.24, 2.45) is 5.73 Å². The maximum Gasteiger partial charge on any atom is 0.0444 e. The molecule has 1 aliphatic carbocycles. The molecule has 17 heavy (non-hydrogen) atoms. The summed E-state index contributed by atoms with van der Waals surface area (Å²) in [6.45, 7) is 5.32. The van der Waals surface area contributed by atoms with Crippen molar-refractivity contribution in [1.29, 1.82) is 0 Å². The number of nitrogens with one attached hydrogen (secondary N) is 1. The predicted octanol–water partition coefficient (Wildman–Crippen LogP) is 2.73. The molecule has 92 valence electrons. The van der Waals surface area contributed by atoms with Gasteiger partial charge in [0.2, 0.25) is 0 Å². The number of nitrogens with two attached hydrogens (primary N) is 1. The first-order valence-electron chi connectivity index (χ1n) is 6.49. The second-order valence-corrected chi connectivity index (χ2v) is 4.76. The molecule has 1 atom stereocenters. The summed E-state index contributed by atoms with van der Waals surface area (Å²) in [4.78, 5) is 0. The van der Waals surface area contributed by atoms with E-state index in [1.54, 1.807) is 0 Å². The van der Waals surface area contributed by atoms with Gasteiger partial charge in [0.25, 0.3) is 0 Å². The molecule has 1 unspecified atom stereocenters. The van der Waals surface area contributed by atoms with Crippen LogP contribution in [0, 0.1) is 0 Å². The Morgan fingerprint density at radius 1 is 1.47 bits per heavy atom. The van der Waals surface area contributed by atoms with E-state index in [0.717, 1.165) is 18.9 Å². The average molecular weight is 230 g/mol. The molecule has 0 aromatic heterocycles. The van der Waals surface area contributed by atoms with Crippen molar-refractivity contribution in [3.05, 3.63) is 48.0 Å². The van der Waals surface area contributed by atoms with Crippen LogP contribution in [0.5, 0.6) is 0 Å². The third-order valence-electron chi connectivity index (χ3n) is 3.34. The van der Waals surface area contributed by atoms with Crippen LogP contribution in [-0.2, 0) is 0 Å². The van der Waals surface area contributed by atoms with Crippen LogP contribution in [0.25, 0.3) is 0 Å².